The fourth-order valence-electron chi connectivity index (χ4n) is 3.78. The van der Waals surface area contributed by atoms with Gasteiger partial charge in [0.2, 0.25) is 0 Å². The van der Waals surface area contributed by atoms with Gasteiger partial charge in [0.1, 0.15) is 24.5 Å². The van der Waals surface area contributed by atoms with E-state index in [1.54, 1.807) is 25.1 Å². The number of ether oxygens (including phenoxy) is 2. The third kappa shape index (κ3) is 4.67. The number of hydrogen-bond acceptors (Lipinski definition) is 8. The quantitative estimate of drug-likeness (QED) is 0.410. The van der Waals surface area contributed by atoms with Gasteiger partial charge in [0.15, 0.2) is 17.2 Å². The molecule has 0 unspecified atom stereocenters. The van der Waals surface area contributed by atoms with Crippen LogP contribution in [0.25, 0.3) is 11.2 Å². The maximum absolute atomic E-state index is 13.2. The first kappa shape index (κ1) is 23.1. The lowest BCUT2D eigenvalue weighted by Crippen LogP contribution is -2.28. The van der Waals surface area contributed by atoms with Gasteiger partial charge in [0.05, 0.1) is 17.1 Å². The Morgan fingerprint density at radius 3 is 2.86 bits per heavy atom. The Morgan fingerprint density at radius 2 is 2.00 bits per heavy atom. The lowest BCUT2D eigenvalue weighted by molar-refractivity contribution is 0.298. The molecular formula is C24H22ClN5O4S. The number of fused-ring (bicyclic) bond motifs is 2. The van der Waals surface area contributed by atoms with Crippen LogP contribution in [-0.4, -0.2) is 43.6 Å². The van der Waals surface area contributed by atoms with Crippen molar-refractivity contribution in [3.63, 3.8) is 0 Å². The number of pyridine rings is 1. The van der Waals surface area contributed by atoms with Gasteiger partial charge in [-0.05, 0) is 42.3 Å². The van der Waals surface area contributed by atoms with Crippen molar-refractivity contribution in [3.8, 4) is 11.5 Å². The van der Waals surface area contributed by atoms with Crippen LogP contribution in [0.5, 0.6) is 11.5 Å². The third-order valence-corrected chi connectivity index (χ3v) is 7.57. The second-order valence-corrected chi connectivity index (χ2v) is 10.1. The van der Waals surface area contributed by atoms with Crippen LogP contribution in [0.1, 0.15) is 11.1 Å². The van der Waals surface area contributed by atoms with Gasteiger partial charge in [0.25, 0.3) is 10.0 Å². The summed E-state index contributed by atoms with van der Waals surface area (Å²) in [4.78, 5) is 15.0. The highest BCUT2D eigenvalue weighted by atomic mass is 35.5. The van der Waals surface area contributed by atoms with Gasteiger partial charge in [-0.15, -0.1) is 0 Å². The van der Waals surface area contributed by atoms with Crippen molar-refractivity contribution in [1.29, 1.82) is 0 Å². The number of aromatic nitrogens is 3. The molecule has 0 saturated carbocycles. The SMILES string of the molecule is Cc1c(Cl)cccc1S(=O)(=O)Nc1nc2nccnc2cc1OCc1ccc2c(c1)OCCN2C. The summed E-state index contributed by atoms with van der Waals surface area (Å²) >= 11 is 6.15. The Bertz CT molecular complexity index is 1530. The zero-order chi connectivity index (χ0) is 24.6. The van der Waals surface area contributed by atoms with Crippen LogP contribution in [-0.2, 0) is 16.6 Å². The zero-order valence-electron chi connectivity index (χ0n) is 19.0. The summed E-state index contributed by atoms with van der Waals surface area (Å²) in [6.07, 6.45) is 3.02. The molecule has 2 aromatic heterocycles. The molecule has 3 heterocycles. The predicted octanol–water partition coefficient (Wildman–Crippen LogP) is 4.20. The van der Waals surface area contributed by atoms with Crippen molar-refractivity contribution in [2.75, 3.05) is 29.8 Å². The highest BCUT2D eigenvalue weighted by Crippen LogP contribution is 2.33. The molecule has 0 radical (unpaired) electrons. The summed E-state index contributed by atoms with van der Waals surface area (Å²) in [6, 6.07) is 12.1. The standard InChI is InChI=1S/C24H22ClN5O4S/c1-15-17(25)4-3-5-22(15)35(31,32)29-24-21(13-18-23(28-24)27-9-8-26-18)34-14-16-6-7-19-20(12-16)33-11-10-30(19)2/h3-9,12-13H,10-11,14H2,1-2H3,(H,27,28,29). The molecule has 1 aliphatic heterocycles. The fourth-order valence-corrected chi connectivity index (χ4v) is 5.29. The zero-order valence-corrected chi connectivity index (χ0v) is 20.6. The number of likely N-dealkylation sites (N-methyl/N-ethyl adjacent to an activating group) is 1. The molecule has 0 spiro atoms. The van der Waals surface area contributed by atoms with Gasteiger partial charge in [0, 0.05) is 30.5 Å². The molecule has 180 valence electrons. The van der Waals surface area contributed by atoms with Crippen LogP contribution in [0.3, 0.4) is 0 Å². The highest BCUT2D eigenvalue weighted by Gasteiger charge is 2.22. The summed E-state index contributed by atoms with van der Waals surface area (Å²) in [5.74, 6) is 1.00. The Balaban J connectivity index is 1.48. The number of sulfonamides is 1. The topological polar surface area (TPSA) is 107 Å². The van der Waals surface area contributed by atoms with E-state index in [1.807, 2.05) is 25.2 Å². The van der Waals surface area contributed by atoms with Crippen molar-refractivity contribution in [2.45, 2.75) is 18.4 Å². The van der Waals surface area contributed by atoms with E-state index >= 15 is 0 Å². The number of benzene rings is 2. The molecule has 0 atom stereocenters. The maximum Gasteiger partial charge on any atom is 0.263 e. The molecule has 1 aliphatic rings. The van der Waals surface area contributed by atoms with Crippen molar-refractivity contribution < 1.29 is 17.9 Å². The molecule has 11 heteroatoms. The normalized spacial score (nSPS) is 13.3. The Morgan fingerprint density at radius 1 is 1.17 bits per heavy atom. The fraction of sp³-hybridized carbons (Fsp3) is 0.208. The molecule has 0 aliphatic carbocycles. The van der Waals surface area contributed by atoms with Gasteiger partial charge in [-0.1, -0.05) is 23.7 Å². The van der Waals surface area contributed by atoms with Gasteiger partial charge < -0.3 is 14.4 Å². The predicted molar refractivity (Wildman–Crippen MR) is 134 cm³/mol. The summed E-state index contributed by atoms with van der Waals surface area (Å²) in [5.41, 5.74) is 3.06. The van der Waals surface area contributed by atoms with E-state index in [9.17, 15) is 8.42 Å². The molecule has 2 aromatic carbocycles. The van der Waals surface area contributed by atoms with Crippen molar-refractivity contribution in [1.82, 2.24) is 15.0 Å². The molecule has 0 bridgehead atoms. The van der Waals surface area contributed by atoms with Crippen LogP contribution >= 0.6 is 11.6 Å². The molecule has 35 heavy (non-hydrogen) atoms. The third-order valence-electron chi connectivity index (χ3n) is 5.68. The van der Waals surface area contributed by atoms with Crippen LogP contribution in [0.2, 0.25) is 5.02 Å². The monoisotopic (exact) mass is 511 g/mol. The molecule has 5 rings (SSSR count). The van der Waals surface area contributed by atoms with E-state index in [1.165, 1.54) is 18.5 Å². The van der Waals surface area contributed by atoms with E-state index in [0.717, 1.165) is 23.5 Å². The molecule has 9 nitrogen and oxygen atoms in total. The Kier molecular flexibility index (Phi) is 6.08. The van der Waals surface area contributed by atoms with E-state index < -0.39 is 10.0 Å². The lowest BCUT2D eigenvalue weighted by Gasteiger charge is -2.28. The highest BCUT2D eigenvalue weighted by molar-refractivity contribution is 7.92. The number of nitrogens with zero attached hydrogens (tertiary/aromatic N) is 4. The second kappa shape index (κ2) is 9.20. The van der Waals surface area contributed by atoms with Crippen LogP contribution in [0, 0.1) is 6.92 Å². The summed E-state index contributed by atoms with van der Waals surface area (Å²) in [5, 5.41) is 0.349. The minimum Gasteiger partial charge on any atom is -0.490 e. The maximum atomic E-state index is 13.2. The van der Waals surface area contributed by atoms with Gasteiger partial charge in [-0.3, -0.25) is 9.71 Å². The average molecular weight is 512 g/mol. The molecule has 0 amide bonds. The minimum absolute atomic E-state index is 0.00585. The Hall–Kier alpha value is -3.63. The molecule has 1 N–H and O–H groups in total. The number of anilines is 2. The number of halogens is 1. The van der Waals surface area contributed by atoms with Gasteiger partial charge in [-0.2, -0.15) is 0 Å². The molecule has 0 fully saturated rings. The summed E-state index contributed by atoms with van der Waals surface area (Å²) in [7, 11) is -2.00. The smallest absolute Gasteiger partial charge is 0.263 e. The first-order valence-corrected chi connectivity index (χ1v) is 12.7. The first-order valence-electron chi connectivity index (χ1n) is 10.8. The number of nitrogens with one attached hydrogen (secondary N) is 1. The Labute approximate surface area is 207 Å². The first-order chi connectivity index (χ1) is 16.8. The minimum atomic E-state index is -4.01. The molecular weight excluding hydrogens is 490 g/mol. The van der Waals surface area contributed by atoms with E-state index in [-0.39, 0.29) is 28.7 Å². The van der Waals surface area contributed by atoms with Gasteiger partial charge >= 0.3 is 0 Å². The van der Waals surface area contributed by atoms with Crippen molar-refractivity contribution in [2.24, 2.45) is 0 Å². The van der Waals surface area contributed by atoms with Crippen molar-refractivity contribution in [3.05, 3.63) is 71.0 Å². The second-order valence-electron chi connectivity index (χ2n) is 8.06. The van der Waals surface area contributed by atoms with E-state index in [0.29, 0.717) is 22.7 Å². The van der Waals surface area contributed by atoms with E-state index in [2.05, 4.69) is 24.6 Å². The van der Waals surface area contributed by atoms with Crippen LogP contribution in [0.15, 0.2) is 59.8 Å². The van der Waals surface area contributed by atoms with Gasteiger partial charge in [-0.25, -0.2) is 18.4 Å². The van der Waals surface area contributed by atoms with Crippen molar-refractivity contribution >= 4 is 44.3 Å². The molecule has 0 saturated heterocycles. The average Bonchev–Trinajstić information content (AvgIpc) is 2.84. The van der Waals surface area contributed by atoms with Crippen LogP contribution < -0.4 is 19.1 Å². The summed E-state index contributed by atoms with van der Waals surface area (Å²) in [6.45, 7) is 3.24. The lowest BCUT2D eigenvalue weighted by atomic mass is 10.1. The number of hydrogen-bond donors (Lipinski definition) is 1. The van der Waals surface area contributed by atoms with Crippen LogP contribution in [0.4, 0.5) is 11.5 Å². The molecule has 4 aromatic rings. The number of rotatable bonds is 6. The van der Waals surface area contributed by atoms with E-state index in [4.69, 9.17) is 21.1 Å². The summed E-state index contributed by atoms with van der Waals surface area (Å²) < 4.78 is 40.8. The largest absolute Gasteiger partial charge is 0.490 e.